The summed E-state index contributed by atoms with van der Waals surface area (Å²) in [5.41, 5.74) is 5.65. The van der Waals surface area contributed by atoms with Crippen LogP contribution >= 0.6 is 0 Å². The predicted molar refractivity (Wildman–Crippen MR) is 60.4 cm³/mol. The molecule has 16 heavy (non-hydrogen) atoms. The number of carbonyl (C=O) groups excluding carboxylic acids is 1. The zero-order valence-electron chi connectivity index (χ0n) is 9.76. The second kappa shape index (κ2) is 4.25. The van der Waals surface area contributed by atoms with Crippen molar-refractivity contribution in [1.82, 2.24) is 14.5 Å². The van der Waals surface area contributed by atoms with E-state index in [0.717, 1.165) is 18.7 Å². The molecule has 1 fully saturated rings. The van der Waals surface area contributed by atoms with Crippen LogP contribution in [0.2, 0.25) is 0 Å². The van der Waals surface area contributed by atoms with Crippen LogP contribution in [0.4, 0.5) is 0 Å². The van der Waals surface area contributed by atoms with Crippen LogP contribution in [0.5, 0.6) is 0 Å². The summed E-state index contributed by atoms with van der Waals surface area (Å²) in [6.45, 7) is 2.30. The summed E-state index contributed by atoms with van der Waals surface area (Å²) in [7, 11) is 1.93. The van der Waals surface area contributed by atoms with E-state index in [1.165, 1.54) is 0 Å². The highest BCUT2D eigenvalue weighted by atomic mass is 16.2. The molecule has 0 bridgehead atoms. The predicted octanol–water partition coefficient (Wildman–Crippen LogP) is 0.258. The largest absolute Gasteiger partial charge is 0.337 e. The van der Waals surface area contributed by atoms with Gasteiger partial charge in [0.25, 0.3) is 0 Å². The van der Waals surface area contributed by atoms with E-state index >= 15 is 0 Å². The van der Waals surface area contributed by atoms with Crippen molar-refractivity contribution in [3.05, 3.63) is 18.2 Å². The maximum absolute atomic E-state index is 11.9. The van der Waals surface area contributed by atoms with Crippen LogP contribution < -0.4 is 5.73 Å². The minimum Gasteiger partial charge on any atom is -0.337 e. The molecule has 0 aromatic carbocycles. The fraction of sp³-hybridized carbons (Fsp3) is 0.636. The van der Waals surface area contributed by atoms with Gasteiger partial charge < -0.3 is 15.2 Å². The van der Waals surface area contributed by atoms with Gasteiger partial charge in [0.1, 0.15) is 5.82 Å². The Balaban J connectivity index is 2.09. The first kappa shape index (κ1) is 11.1. The van der Waals surface area contributed by atoms with Crippen LogP contribution in [0.3, 0.4) is 0 Å². The fourth-order valence-corrected chi connectivity index (χ4v) is 1.74. The molecule has 0 aliphatic heterocycles. The first-order valence-electron chi connectivity index (χ1n) is 5.62. The summed E-state index contributed by atoms with van der Waals surface area (Å²) in [5, 5.41) is 0. The third-order valence-electron chi connectivity index (χ3n) is 2.89. The van der Waals surface area contributed by atoms with Crippen LogP contribution in [0.25, 0.3) is 0 Å². The van der Waals surface area contributed by atoms with Gasteiger partial charge in [0.2, 0.25) is 5.91 Å². The van der Waals surface area contributed by atoms with E-state index in [-0.39, 0.29) is 5.91 Å². The standard InChI is InChI=1S/C11H18N4O/c1-8(12)11(16)15(9-3-4-9)7-10-13-5-6-14(10)2/h5-6,8-9H,3-4,7,12H2,1-2H3/t8-/m0/s1. The maximum atomic E-state index is 11.9. The number of aryl methyl sites for hydroxylation is 1. The van der Waals surface area contributed by atoms with Gasteiger partial charge in [-0.15, -0.1) is 0 Å². The third kappa shape index (κ3) is 2.24. The molecule has 5 heteroatoms. The normalized spacial score (nSPS) is 17.2. The summed E-state index contributed by atoms with van der Waals surface area (Å²) in [6, 6.07) is -0.0592. The van der Waals surface area contributed by atoms with Crippen LogP contribution in [-0.4, -0.2) is 32.4 Å². The Morgan fingerprint density at radius 3 is 2.88 bits per heavy atom. The quantitative estimate of drug-likeness (QED) is 0.794. The van der Waals surface area contributed by atoms with E-state index in [0.29, 0.717) is 12.6 Å². The molecular formula is C11H18N4O. The number of carbonyl (C=O) groups is 1. The monoisotopic (exact) mass is 222 g/mol. The van der Waals surface area contributed by atoms with Crippen molar-refractivity contribution in [3.8, 4) is 0 Å². The fourth-order valence-electron chi connectivity index (χ4n) is 1.74. The van der Waals surface area contributed by atoms with E-state index in [2.05, 4.69) is 4.98 Å². The highest BCUT2D eigenvalue weighted by Gasteiger charge is 2.34. The van der Waals surface area contributed by atoms with Gasteiger partial charge in [0, 0.05) is 25.5 Å². The Morgan fingerprint density at radius 2 is 2.44 bits per heavy atom. The molecule has 1 atom stereocenters. The zero-order valence-corrected chi connectivity index (χ0v) is 9.76. The number of amides is 1. The lowest BCUT2D eigenvalue weighted by molar-refractivity contribution is -0.133. The lowest BCUT2D eigenvalue weighted by atomic mass is 10.3. The molecule has 2 rings (SSSR count). The Kier molecular flexibility index (Phi) is 2.96. The van der Waals surface area contributed by atoms with Gasteiger partial charge in [-0.1, -0.05) is 0 Å². The topological polar surface area (TPSA) is 64.2 Å². The van der Waals surface area contributed by atoms with Crippen molar-refractivity contribution < 1.29 is 4.79 Å². The van der Waals surface area contributed by atoms with Crippen molar-refractivity contribution in [3.63, 3.8) is 0 Å². The van der Waals surface area contributed by atoms with E-state index < -0.39 is 6.04 Å². The number of hydrogen-bond acceptors (Lipinski definition) is 3. The Hall–Kier alpha value is -1.36. The first-order chi connectivity index (χ1) is 7.59. The van der Waals surface area contributed by atoms with Gasteiger partial charge in [0.05, 0.1) is 12.6 Å². The van der Waals surface area contributed by atoms with Gasteiger partial charge >= 0.3 is 0 Å². The molecule has 2 N–H and O–H groups in total. The molecule has 5 nitrogen and oxygen atoms in total. The minimum absolute atomic E-state index is 0.0190. The molecule has 1 aromatic rings. The van der Waals surface area contributed by atoms with Crippen LogP contribution in [-0.2, 0) is 18.4 Å². The van der Waals surface area contributed by atoms with Crippen LogP contribution in [0.15, 0.2) is 12.4 Å². The zero-order chi connectivity index (χ0) is 11.7. The van der Waals surface area contributed by atoms with Crippen molar-refractivity contribution in [2.24, 2.45) is 12.8 Å². The van der Waals surface area contributed by atoms with Crippen LogP contribution in [0, 0.1) is 0 Å². The van der Waals surface area contributed by atoms with Gasteiger partial charge in [-0.25, -0.2) is 4.98 Å². The van der Waals surface area contributed by atoms with Gasteiger partial charge in [-0.3, -0.25) is 4.79 Å². The molecule has 1 aromatic heterocycles. The molecule has 0 radical (unpaired) electrons. The first-order valence-corrected chi connectivity index (χ1v) is 5.62. The number of rotatable bonds is 4. The highest BCUT2D eigenvalue weighted by molar-refractivity contribution is 5.81. The maximum Gasteiger partial charge on any atom is 0.239 e. The van der Waals surface area contributed by atoms with Crippen molar-refractivity contribution in [2.45, 2.75) is 38.4 Å². The van der Waals surface area contributed by atoms with E-state index in [9.17, 15) is 4.79 Å². The van der Waals surface area contributed by atoms with E-state index in [1.807, 2.05) is 22.7 Å². The molecule has 1 aliphatic rings. The molecule has 1 amide bonds. The van der Waals surface area contributed by atoms with E-state index in [1.54, 1.807) is 13.1 Å². The molecule has 0 unspecified atom stereocenters. The summed E-state index contributed by atoms with van der Waals surface area (Å²) < 4.78 is 1.93. The SMILES string of the molecule is C[C@H](N)C(=O)N(Cc1nccn1C)C1CC1. The molecule has 1 aliphatic carbocycles. The van der Waals surface area contributed by atoms with Crippen molar-refractivity contribution >= 4 is 5.91 Å². The number of hydrogen-bond donors (Lipinski definition) is 1. The summed E-state index contributed by atoms with van der Waals surface area (Å²) in [6.07, 6.45) is 5.80. The molecule has 1 heterocycles. The van der Waals surface area contributed by atoms with E-state index in [4.69, 9.17) is 5.73 Å². The third-order valence-corrected chi connectivity index (χ3v) is 2.89. The molecule has 88 valence electrons. The second-order valence-corrected chi connectivity index (χ2v) is 4.44. The lowest BCUT2D eigenvalue weighted by Crippen LogP contribution is -2.43. The Bertz CT molecular complexity index is 381. The van der Waals surface area contributed by atoms with Gasteiger partial charge in [-0.2, -0.15) is 0 Å². The second-order valence-electron chi connectivity index (χ2n) is 4.44. The van der Waals surface area contributed by atoms with Crippen LogP contribution in [0.1, 0.15) is 25.6 Å². The minimum atomic E-state index is -0.430. The lowest BCUT2D eigenvalue weighted by Gasteiger charge is -2.23. The average molecular weight is 222 g/mol. The number of nitrogens with two attached hydrogens (primary N) is 1. The Labute approximate surface area is 95.2 Å². The van der Waals surface area contributed by atoms with Gasteiger partial charge in [0.15, 0.2) is 0 Å². The summed E-state index contributed by atoms with van der Waals surface area (Å²) in [4.78, 5) is 18.0. The number of nitrogens with zero attached hydrogens (tertiary/aromatic N) is 3. The number of aromatic nitrogens is 2. The van der Waals surface area contributed by atoms with Gasteiger partial charge in [-0.05, 0) is 19.8 Å². The average Bonchev–Trinajstić information content (AvgIpc) is 2.99. The molecule has 0 spiro atoms. The highest BCUT2D eigenvalue weighted by Crippen LogP contribution is 2.28. The Morgan fingerprint density at radius 1 is 1.75 bits per heavy atom. The summed E-state index contributed by atoms with van der Waals surface area (Å²) >= 11 is 0. The van der Waals surface area contributed by atoms with Crippen molar-refractivity contribution in [2.75, 3.05) is 0 Å². The molecule has 0 saturated heterocycles. The molecular weight excluding hydrogens is 204 g/mol. The molecule has 1 saturated carbocycles. The summed E-state index contributed by atoms with van der Waals surface area (Å²) in [5.74, 6) is 0.923. The van der Waals surface area contributed by atoms with Crippen molar-refractivity contribution in [1.29, 1.82) is 0 Å². The number of imidazole rings is 1. The smallest absolute Gasteiger partial charge is 0.239 e.